The van der Waals surface area contributed by atoms with E-state index in [-0.39, 0.29) is 12.3 Å². The molecule has 2 amide bonds. The van der Waals surface area contributed by atoms with E-state index in [2.05, 4.69) is 4.74 Å². The minimum atomic E-state index is -5.07. The van der Waals surface area contributed by atoms with Gasteiger partial charge in [-0.05, 0) is 25.1 Å². The molecule has 0 unspecified atom stereocenters. The van der Waals surface area contributed by atoms with Crippen LogP contribution in [0.2, 0.25) is 0 Å². The number of hydrogen-bond acceptors (Lipinski definition) is 3. The average Bonchev–Trinajstić information content (AvgIpc) is 2.32. The summed E-state index contributed by atoms with van der Waals surface area (Å²) in [4.78, 5) is 21.8. The van der Waals surface area contributed by atoms with E-state index in [0.717, 1.165) is 18.2 Å². The molecule has 9 heteroatoms. The highest BCUT2D eigenvalue weighted by atomic mass is 19.4. The predicted molar refractivity (Wildman–Crippen MR) is 61.7 cm³/mol. The van der Waals surface area contributed by atoms with Crippen LogP contribution in [0.4, 0.5) is 33.7 Å². The van der Waals surface area contributed by atoms with Crippen molar-refractivity contribution in [3.05, 3.63) is 24.0 Å². The quantitative estimate of drug-likeness (QED) is 0.842. The van der Waals surface area contributed by atoms with Crippen molar-refractivity contribution in [3.8, 4) is 0 Å². The highest BCUT2D eigenvalue weighted by Gasteiger charge is 2.38. The minimum Gasteiger partial charge on any atom is -0.450 e. The number of amides is 2. The monoisotopic (exact) mass is 294 g/mol. The smallest absolute Gasteiger partial charge is 0.450 e. The highest BCUT2D eigenvalue weighted by molar-refractivity contribution is 5.95. The number of rotatable bonds is 3. The Kier molecular flexibility index (Phi) is 4.89. The Hall–Kier alpha value is -2.32. The molecule has 0 fully saturated rings. The molecule has 1 aromatic rings. The number of nitrogens with one attached hydrogen (secondary N) is 2. The van der Waals surface area contributed by atoms with E-state index in [1.807, 2.05) is 5.32 Å². The second kappa shape index (κ2) is 6.22. The molecule has 1 rings (SSSR count). The molecule has 20 heavy (non-hydrogen) atoms. The summed E-state index contributed by atoms with van der Waals surface area (Å²) in [5.74, 6) is -3.09. The SMILES string of the molecule is CCOC(=O)Nc1cc(NC(=O)C(F)(F)F)ccc1F. The molecule has 0 aromatic heterocycles. The standard InChI is InChI=1S/C11H10F4N2O3/c1-2-20-10(19)17-8-5-6(3-4-7(8)12)16-9(18)11(13,14)15/h3-5H,2H2,1H3,(H,16,18)(H,17,19). The lowest BCUT2D eigenvalue weighted by atomic mass is 10.2. The Morgan fingerprint density at radius 3 is 2.45 bits per heavy atom. The van der Waals surface area contributed by atoms with Crippen LogP contribution in [-0.4, -0.2) is 24.8 Å². The van der Waals surface area contributed by atoms with Gasteiger partial charge in [0, 0.05) is 5.69 Å². The molecule has 0 heterocycles. The van der Waals surface area contributed by atoms with Gasteiger partial charge in [-0.15, -0.1) is 0 Å². The first-order valence-corrected chi connectivity index (χ1v) is 5.35. The van der Waals surface area contributed by atoms with Crippen molar-refractivity contribution in [1.29, 1.82) is 0 Å². The van der Waals surface area contributed by atoms with E-state index in [4.69, 9.17) is 0 Å². The number of hydrogen-bond donors (Lipinski definition) is 2. The molecule has 0 saturated carbocycles. The van der Waals surface area contributed by atoms with Crippen LogP contribution in [0.5, 0.6) is 0 Å². The Balaban J connectivity index is 2.86. The zero-order valence-electron chi connectivity index (χ0n) is 10.2. The average molecular weight is 294 g/mol. The second-order valence-electron chi connectivity index (χ2n) is 3.49. The molecular formula is C11H10F4N2O3. The molecular weight excluding hydrogens is 284 g/mol. The van der Waals surface area contributed by atoms with Gasteiger partial charge in [-0.2, -0.15) is 13.2 Å². The topological polar surface area (TPSA) is 67.4 Å². The molecule has 1 aromatic carbocycles. The Bertz CT molecular complexity index is 517. The molecule has 0 atom stereocenters. The van der Waals surface area contributed by atoms with E-state index in [9.17, 15) is 27.2 Å². The molecule has 110 valence electrons. The van der Waals surface area contributed by atoms with Crippen LogP contribution in [0.15, 0.2) is 18.2 Å². The Labute approximate surface area is 110 Å². The van der Waals surface area contributed by atoms with Crippen molar-refractivity contribution in [3.63, 3.8) is 0 Å². The lowest BCUT2D eigenvalue weighted by molar-refractivity contribution is -0.167. The number of ether oxygens (including phenoxy) is 1. The van der Waals surface area contributed by atoms with Crippen LogP contribution in [0.3, 0.4) is 0 Å². The zero-order valence-corrected chi connectivity index (χ0v) is 10.2. The zero-order chi connectivity index (χ0) is 15.3. The fourth-order valence-electron chi connectivity index (χ4n) is 1.18. The van der Waals surface area contributed by atoms with Crippen LogP contribution in [-0.2, 0) is 9.53 Å². The van der Waals surface area contributed by atoms with Gasteiger partial charge in [0.2, 0.25) is 0 Å². The van der Waals surface area contributed by atoms with Gasteiger partial charge in [-0.3, -0.25) is 10.1 Å². The fraction of sp³-hybridized carbons (Fsp3) is 0.273. The predicted octanol–water partition coefficient (Wildman–Crippen LogP) is 2.89. The van der Waals surface area contributed by atoms with Crippen LogP contribution in [0.25, 0.3) is 0 Å². The van der Waals surface area contributed by atoms with Gasteiger partial charge < -0.3 is 10.1 Å². The van der Waals surface area contributed by atoms with Crippen molar-refractivity contribution in [2.75, 3.05) is 17.2 Å². The Morgan fingerprint density at radius 2 is 1.90 bits per heavy atom. The van der Waals surface area contributed by atoms with Gasteiger partial charge in [0.15, 0.2) is 0 Å². The summed E-state index contributed by atoms with van der Waals surface area (Å²) in [6.07, 6.45) is -6.03. The van der Waals surface area contributed by atoms with Gasteiger partial charge >= 0.3 is 18.2 Å². The van der Waals surface area contributed by atoms with Crippen molar-refractivity contribution in [1.82, 2.24) is 0 Å². The van der Waals surface area contributed by atoms with Crippen LogP contribution < -0.4 is 10.6 Å². The lowest BCUT2D eigenvalue weighted by Crippen LogP contribution is -2.30. The van der Waals surface area contributed by atoms with Crippen molar-refractivity contribution >= 4 is 23.4 Å². The maximum Gasteiger partial charge on any atom is 0.471 e. The third kappa shape index (κ3) is 4.41. The molecule has 0 bridgehead atoms. The maximum atomic E-state index is 13.3. The summed E-state index contributed by atoms with van der Waals surface area (Å²) in [6, 6.07) is 2.57. The molecule has 0 saturated heterocycles. The molecule has 0 spiro atoms. The maximum absolute atomic E-state index is 13.3. The number of carbonyl (C=O) groups is 2. The third-order valence-electron chi connectivity index (χ3n) is 1.99. The first-order valence-electron chi connectivity index (χ1n) is 5.35. The summed E-state index contributed by atoms with van der Waals surface area (Å²) >= 11 is 0. The van der Waals surface area contributed by atoms with E-state index >= 15 is 0 Å². The number of anilines is 2. The summed E-state index contributed by atoms with van der Waals surface area (Å²) in [5.41, 5.74) is -0.732. The molecule has 2 N–H and O–H groups in total. The van der Waals surface area contributed by atoms with Gasteiger partial charge in [-0.1, -0.05) is 0 Å². The summed E-state index contributed by atoms with van der Waals surface area (Å²) in [6.45, 7) is 1.56. The van der Waals surface area contributed by atoms with Crippen molar-refractivity contribution < 1.29 is 31.9 Å². The first kappa shape index (κ1) is 15.7. The van der Waals surface area contributed by atoms with E-state index < -0.39 is 29.7 Å². The summed E-state index contributed by atoms with van der Waals surface area (Å²) < 4.78 is 54.0. The number of carbonyl (C=O) groups excluding carboxylic acids is 2. The van der Waals surface area contributed by atoms with Crippen LogP contribution in [0, 0.1) is 5.82 Å². The molecule has 5 nitrogen and oxygen atoms in total. The fourth-order valence-corrected chi connectivity index (χ4v) is 1.18. The first-order chi connectivity index (χ1) is 9.24. The summed E-state index contributed by atoms with van der Waals surface area (Å²) in [7, 11) is 0. The van der Waals surface area contributed by atoms with Gasteiger partial charge in [-0.25, -0.2) is 9.18 Å². The summed E-state index contributed by atoms with van der Waals surface area (Å²) in [5, 5.41) is 3.53. The number of benzene rings is 1. The Morgan fingerprint density at radius 1 is 1.25 bits per heavy atom. The van der Waals surface area contributed by atoms with Gasteiger partial charge in [0.25, 0.3) is 0 Å². The van der Waals surface area contributed by atoms with Crippen molar-refractivity contribution in [2.45, 2.75) is 13.1 Å². The van der Waals surface area contributed by atoms with Gasteiger partial charge in [0.05, 0.1) is 12.3 Å². The van der Waals surface area contributed by atoms with Crippen molar-refractivity contribution in [2.24, 2.45) is 0 Å². The van der Waals surface area contributed by atoms with E-state index in [1.54, 1.807) is 0 Å². The largest absolute Gasteiger partial charge is 0.471 e. The third-order valence-corrected chi connectivity index (χ3v) is 1.99. The van der Waals surface area contributed by atoms with E-state index in [0.29, 0.717) is 0 Å². The molecule has 0 aliphatic rings. The van der Waals surface area contributed by atoms with Crippen LogP contribution in [0.1, 0.15) is 6.92 Å². The molecule has 0 aliphatic carbocycles. The normalized spacial score (nSPS) is 10.8. The number of alkyl halides is 3. The second-order valence-corrected chi connectivity index (χ2v) is 3.49. The number of halogens is 4. The minimum absolute atomic E-state index is 0.0396. The van der Waals surface area contributed by atoms with Crippen LogP contribution >= 0.6 is 0 Å². The lowest BCUT2D eigenvalue weighted by Gasteiger charge is -2.11. The molecule has 0 aliphatic heterocycles. The van der Waals surface area contributed by atoms with E-state index in [1.165, 1.54) is 12.2 Å². The van der Waals surface area contributed by atoms with Gasteiger partial charge in [0.1, 0.15) is 5.82 Å². The highest BCUT2D eigenvalue weighted by Crippen LogP contribution is 2.22. The molecule has 0 radical (unpaired) electrons.